The molecule has 3 aromatic rings. The molecule has 2 bridgehead atoms. The molecule has 7 nitrogen and oxygen atoms in total. The molecule has 9 heteroatoms. The first-order valence-corrected chi connectivity index (χ1v) is 11.8. The highest BCUT2D eigenvalue weighted by molar-refractivity contribution is 5.78. The number of benzene rings is 1. The van der Waals surface area contributed by atoms with E-state index in [9.17, 15) is 18.4 Å². The van der Waals surface area contributed by atoms with Gasteiger partial charge in [0.1, 0.15) is 11.6 Å². The lowest BCUT2D eigenvalue weighted by molar-refractivity contribution is -0.131. The zero-order valence-electron chi connectivity index (χ0n) is 19.9. The first-order valence-electron chi connectivity index (χ1n) is 11.8. The van der Waals surface area contributed by atoms with E-state index in [0.29, 0.717) is 18.8 Å². The number of amides is 1. The van der Waals surface area contributed by atoms with Gasteiger partial charge in [0, 0.05) is 30.4 Å². The summed E-state index contributed by atoms with van der Waals surface area (Å²) < 4.78 is 28.9. The van der Waals surface area contributed by atoms with E-state index in [4.69, 9.17) is 0 Å². The number of aromatic nitrogens is 4. The highest BCUT2D eigenvalue weighted by Gasteiger charge is 2.64. The van der Waals surface area contributed by atoms with Crippen molar-refractivity contribution in [2.75, 3.05) is 13.1 Å². The van der Waals surface area contributed by atoms with E-state index in [-0.39, 0.29) is 40.5 Å². The number of carbonyl (C=O) groups is 1. The zero-order chi connectivity index (χ0) is 25.0. The Morgan fingerprint density at radius 1 is 1.20 bits per heavy atom. The van der Waals surface area contributed by atoms with Crippen molar-refractivity contribution in [2.24, 2.45) is 5.41 Å². The molecule has 5 rings (SSSR count). The summed E-state index contributed by atoms with van der Waals surface area (Å²) in [6.07, 6.45) is 4.43. The molecule has 2 aliphatic rings. The van der Waals surface area contributed by atoms with Crippen molar-refractivity contribution in [1.29, 1.82) is 0 Å². The Kier molecular flexibility index (Phi) is 5.53. The van der Waals surface area contributed by atoms with E-state index in [1.165, 1.54) is 30.6 Å². The molecule has 1 aromatic carbocycles. The van der Waals surface area contributed by atoms with Gasteiger partial charge in [-0.3, -0.25) is 14.6 Å². The summed E-state index contributed by atoms with van der Waals surface area (Å²) in [5.74, 6) is -1.32. The van der Waals surface area contributed by atoms with E-state index in [1.54, 1.807) is 11.0 Å². The van der Waals surface area contributed by atoms with Crippen LogP contribution in [0.4, 0.5) is 8.78 Å². The molecule has 2 aliphatic carbocycles. The standard InChI is InChI=1S/C26H27F2N5O2/c1-4-33(22(35)10-15-12-29-13-21(34)30-15)14-26-9-8-17(25(26,2)3)16-11-20(31-32-24(16)26)23-18(27)6-5-7-19(23)28/h5-7,11-13,17H,4,8-10,14H2,1-3H3,(H,30,34)/t17-,26-/m0/s1. The van der Waals surface area contributed by atoms with Crippen molar-refractivity contribution in [2.45, 2.75) is 51.4 Å². The molecular weight excluding hydrogens is 452 g/mol. The lowest BCUT2D eigenvalue weighted by Gasteiger charge is -2.41. The number of nitrogens with zero attached hydrogens (tertiary/aromatic N) is 4. The molecular formula is C26H27F2N5O2. The van der Waals surface area contributed by atoms with Gasteiger partial charge in [0.25, 0.3) is 5.56 Å². The van der Waals surface area contributed by atoms with Crippen molar-refractivity contribution in [1.82, 2.24) is 25.1 Å². The quantitative estimate of drug-likeness (QED) is 0.581. The summed E-state index contributed by atoms with van der Waals surface area (Å²) in [7, 11) is 0. The lowest BCUT2D eigenvalue weighted by Crippen LogP contribution is -2.48. The molecule has 2 aromatic heterocycles. The van der Waals surface area contributed by atoms with Gasteiger partial charge >= 0.3 is 0 Å². The van der Waals surface area contributed by atoms with E-state index in [1.807, 2.05) is 6.92 Å². The lowest BCUT2D eigenvalue weighted by atomic mass is 9.68. The number of H-pyrrole nitrogens is 1. The third-order valence-electron chi connectivity index (χ3n) is 8.08. The van der Waals surface area contributed by atoms with Gasteiger partial charge in [-0.25, -0.2) is 8.78 Å². The summed E-state index contributed by atoms with van der Waals surface area (Å²) >= 11 is 0. The smallest absolute Gasteiger partial charge is 0.266 e. The highest BCUT2D eigenvalue weighted by atomic mass is 19.1. The van der Waals surface area contributed by atoms with Crippen LogP contribution in [-0.2, 0) is 16.6 Å². The molecule has 0 spiro atoms. The summed E-state index contributed by atoms with van der Waals surface area (Å²) in [5, 5.41) is 8.78. The number of likely N-dealkylation sites (N-methyl/N-ethyl adjacent to an activating group) is 1. The van der Waals surface area contributed by atoms with E-state index < -0.39 is 17.0 Å². The van der Waals surface area contributed by atoms with Crippen LogP contribution in [0, 0.1) is 17.0 Å². The fraction of sp³-hybridized carbons (Fsp3) is 0.423. The molecule has 1 N–H and O–H groups in total. The Morgan fingerprint density at radius 2 is 1.94 bits per heavy atom. The first kappa shape index (κ1) is 23.3. The minimum Gasteiger partial charge on any atom is -0.342 e. The van der Waals surface area contributed by atoms with Crippen LogP contribution in [0.15, 0.2) is 41.5 Å². The van der Waals surface area contributed by atoms with Crippen LogP contribution < -0.4 is 5.56 Å². The molecule has 182 valence electrons. The molecule has 2 heterocycles. The minimum absolute atomic E-state index is 0.0426. The van der Waals surface area contributed by atoms with Crippen LogP contribution in [0.5, 0.6) is 0 Å². The molecule has 35 heavy (non-hydrogen) atoms. The third kappa shape index (κ3) is 3.56. The van der Waals surface area contributed by atoms with Crippen molar-refractivity contribution in [3.8, 4) is 11.3 Å². The molecule has 0 unspecified atom stereocenters. The largest absolute Gasteiger partial charge is 0.342 e. The number of rotatable bonds is 6. The fourth-order valence-corrected chi connectivity index (χ4v) is 6.13. The van der Waals surface area contributed by atoms with Gasteiger partial charge in [-0.2, -0.15) is 10.2 Å². The van der Waals surface area contributed by atoms with Crippen molar-refractivity contribution >= 4 is 5.91 Å². The Morgan fingerprint density at radius 3 is 2.63 bits per heavy atom. The van der Waals surface area contributed by atoms with Crippen molar-refractivity contribution < 1.29 is 13.6 Å². The van der Waals surface area contributed by atoms with Crippen LogP contribution in [0.25, 0.3) is 11.3 Å². The first-order chi connectivity index (χ1) is 16.7. The van der Waals surface area contributed by atoms with Gasteiger partial charge in [0.05, 0.1) is 29.6 Å². The molecule has 0 aliphatic heterocycles. The Bertz CT molecular complexity index is 1350. The topological polar surface area (TPSA) is 91.8 Å². The van der Waals surface area contributed by atoms with Crippen LogP contribution >= 0.6 is 0 Å². The maximum atomic E-state index is 14.4. The van der Waals surface area contributed by atoms with Gasteiger partial charge in [0.2, 0.25) is 5.91 Å². The maximum Gasteiger partial charge on any atom is 0.266 e. The number of nitrogens with one attached hydrogen (secondary N) is 1. The number of fused-ring (bicyclic) bond motifs is 5. The molecule has 1 fully saturated rings. The van der Waals surface area contributed by atoms with Crippen molar-refractivity contribution in [3.05, 3.63) is 75.6 Å². The predicted octanol–water partition coefficient (Wildman–Crippen LogP) is 3.75. The monoisotopic (exact) mass is 479 g/mol. The second kappa shape index (κ2) is 8.32. The zero-order valence-corrected chi connectivity index (χ0v) is 19.9. The molecule has 1 amide bonds. The van der Waals surface area contributed by atoms with E-state index in [0.717, 1.165) is 24.1 Å². The van der Waals surface area contributed by atoms with Gasteiger partial charge in [-0.1, -0.05) is 19.9 Å². The second-order valence-corrected chi connectivity index (χ2v) is 10.0. The van der Waals surface area contributed by atoms with E-state index >= 15 is 0 Å². The van der Waals surface area contributed by atoms with Crippen LogP contribution in [0.2, 0.25) is 0 Å². The number of hydrogen-bond donors (Lipinski definition) is 1. The molecule has 2 atom stereocenters. The van der Waals surface area contributed by atoms with Crippen LogP contribution in [-0.4, -0.2) is 44.1 Å². The molecule has 0 saturated heterocycles. The number of aromatic amines is 1. The SMILES string of the molecule is CCN(C[C@@]12CC[C@@H](c3cc(-c4c(F)cccc4F)nnc31)C2(C)C)C(=O)Cc1cncc(=O)[nH]1. The Hall–Kier alpha value is -3.49. The minimum atomic E-state index is -0.674. The predicted molar refractivity (Wildman–Crippen MR) is 126 cm³/mol. The molecule has 1 saturated carbocycles. The number of hydrogen-bond acceptors (Lipinski definition) is 5. The fourth-order valence-electron chi connectivity index (χ4n) is 6.13. The Balaban J connectivity index is 1.50. The van der Waals surface area contributed by atoms with E-state index in [2.05, 4.69) is 34.0 Å². The highest BCUT2D eigenvalue weighted by Crippen LogP contribution is 2.67. The normalized spacial score (nSPS) is 21.7. The Labute approximate surface area is 201 Å². The summed E-state index contributed by atoms with van der Waals surface area (Å²) in [6, 6.07) is 5.53. The van der Waals surface area contributed by atoms with Crippen LogP contribution in [0.1, 0.15) is 56.5 Å². The third-order valence-corrected chi connectivity index (χ3v) is 8.08. The summed E-state index contributed by atoms with van der Waals surface area (Å²) in [6.45, 7) is 7.21. The maximum absolute atomic E-state index is 14.4. The average molecular weight is 480 g/mol. The van der Waals surface area contributed by atoms with Gasteiger partial charge in [-0.15, -0.1) is 0 Å². The average Bonchev–Trinajstić information content (AvgIpc) is 3.17. The number of halogens is 2. The number of carbonyl (C=O) groups excluding carboxylic acids is 1. The summed E-state index contributed by atoms with van der Waals surface area (Å²) in [4.78, 5) is 33.1. The van der Waals surface area contributed by atoms with Crippen molar-refractivity contribution in [3.63, 3.8) is 0 Å². The van der Waals surface area contributed by atoms with Gasteiger partial charge in [0.15, 0.2) is 0 Å². The summed E-state index contributed by atoms with van der Waals surface area (Å²) in [5.41, 5.74) is 1.22. The van der Waals surface area contributed by atoms with Gasteiger partial charge in [-0.05, 0) is 54.9 Å². The van der Waals surface area contributed by atoms with Crippen LogP contribution in [0.3, 0.4) is 0 Å². The van der Waals surface area contributed by atoms with Gasteiger partial charge < -0.3 is 9.88 Å². The second-order valence-electron chi connectivity index (χ2n) is 10.0. The molecule has 0 radical (unpaired) electrons.